The molecule has 0 spiro atoms. The Hall–Kier alpha value is -2.14. The summed E-state index contributed by atoms with van der Waals surface area (Å²) in [6.07, 6.45) is 1.83. The molecule has 0 atom stereocenters. The number of nitrogens with zero attached hydrogens (tertiary/aromatic N) is 2. The standard InChI is InChI=1S/C14H12N2O2S/c1-8-10(9-5-3-4-6-11(9)15-8)7-12-13(17)16(2)14(18)19-12/h3-7,17H,1-2H3. The molecule has 0 radical (unpaired) electrons. The lowest BCUT2D eigenvalue weighted by atomic mass is 10.0. The number of fused-ring (bicyclic) bond motifs is 1. The van der Waals surface area contributed by atoms with Crippen molar-refractivity contribution in [2.75, 3.05) is 0 Å². The molecule has 19 heavy (non-hydrogen) atoms. The van der Waals surface area contributed by atoms with Gasteiger partial charge in [0, 0.05) is 23.9 Å². The van der Waals surface area contributed by atoms with Crippen LogP contribution < -0.4 is 4.87 Å². The van der Waals surface area contributed by atoms with E-state index in [1.54, 1.807) is 7.05 Å². The first-order chi connectivity index (χ1) is 9.08. The van der Waals surface area contributed by atoms with Gasteiger partial charge in [-0.2, -0.15) is 0 Å². The van der Waals surface area contributed by atoms with Gasteiger partial charge in [-0.05, 0) is 19.1 Å². The maximum absolute atomic E-state index is 11.5. The highest BCUT2D eigenvalue weighted by Crippen LogP contribution is 2.36. The number of hydrogen-bond acceptors (Lipinski definition) is 4. The highest BCUT2D eigenvalue weighted by molar-refractivity contribution is 7.10. The zero-order valence-electron chi connectivity index (χ0n) is 10.5. The van der Waals surface area contributed by atoms with Gasteiger partial charge in [-0.1, -0.05) is 29.5 Å². The Morgan fingerprint density at radius 3 is 2.79 bits per heavy atom. The van der Waals surface area contributed by atoms with Crippen molar-refractivity contribution in [1.29, 1.82) is 0 Å². The molecule has 0 amide bonds. The molecule has 1 aromatic carbocycles. The Morgan fingerprint density at radius 2 is 2.11 bits per heavy atom. The zero-order chi connectivity index (χ0) is 13.6. The lowest BCUT2D eigenvalue weighted by Gasteiger charge is -2.00. The number of aromatic hydroxyl groups is 1. The summed E-state index contributed by atoms with van der Waals surface area (Å²) in [4.78, 5) is 16.4. The molecule has 0 fully saturated rings. The van der Waals surface area contributed by atoms with Crippen molar-refractivity contribution in [3.05, 3.63) is 44.4 Å². The van der Waals surface area contributed by atoms with Gasteiger partial charge < -0.3 is 5.11 Å². The second-order valence-corrected chi connectivity index (χ2v) is 5.38. The summed E-state index contributed by atoms with van der Waals surface area (Å²) >= 11 is 1.03. The fourth-order valence-corrected chi connectivity index (χ4v) is 2.92. The summed E-state index contributed by atoms with van der Waals surface area (Å²) in [6.45, 7) is 1.93. The molecular weight excluding hydrogens is 260 g/mol. The van der Waals surface area contributed by atoms with Crippen LogP contribution in [0.2, 0.25) is 0 Å². The maximum atomic E-state index is 11.5. The van der Waals surface area contributed by atoms with Crippen LogP contribution in [-0.4, -0.2) is 15.4 Å². The van der Waals surface area contributed by atoms with E-state index in [-0.39, 0.29) is 10.8 Å². The summed E-state index contributed by atoms with van der Waals surface area (Å²) in [5, 5.41) is 9.90. The lowest BCUT2D eigenvalue weighted by Crippen LogP contribution is -2.05. The third kappa shape index (κ3) is 1.82. The van der Waals surface area contributed by atoms with E-state index in [0.717, 1.165) is 33.9 Å². The number of allylic oxidation sites excluding steroid dienone is 1. The molecule has 1 aliphatic rings. The average molecular weight is 272 g/mol. The van der Waals surface area contributed by atoms with Crippen LogP contribution in [0.4, 0.5) is 5.69 Å². The van der Waals surface area contributed by atoms with E-state index < -0.39 is 0 Å². The van der Waals surface area contributed by atoms with E-state index in [1.807, 2.05) is 37.3 Å². The fourth-order valence-electron chi connectivity index (χ4n) is 2.10. The molecule has 0 saturated carbocycles. The molecule has 1 aromatic heterocycles. The Kier molecular flexibility index (Phi) is 2.64. The van der Waals surface area contributed by atoms with Crippen LogP contribution in [0.1, 0.15) is 17.4 Å². The molecule has 4 nitrogen and oxygen atoms in total. The minimum absolute atomic E-state index is 0.000295. The summed E-state index contributed by atoms with van der Waals surface area (Å²) < 4.78 is 1.24. The molecule has 0 saturated heterocycles. The quantitative estimate of drug-likeness (QED) is 0.868. The van der Waals surface area contributed by atoms with Crippen molar-refractivity contribution >= 4 is 34.4 Å². The predicted octanol–water partition coefficient (Wildman–Crippen LogP) is 2.80. The van der Waals surface area contributed by atoms with Crippen LogP contribution in [0.3, 0.4) is 0 Å². The maximum Gasteiger partial charge on any atom is 0.310 e. The third-order valence-electron chi connectivity index (χ3n) is 3.16. The molecule has 96 valence electrons. The van der Waals surface area contributed by atoms with Crippen molar-refractivity contribution in [3.63, 3.8) is 0 Å². The van der Waals surface area contributed by atoms with Gasteiger partial charge in [0.2, 0.25) is 5.88 Å². The minimum Gasteiger partial charge on any atom is -0.493 e. The monoisotopic (exact) mass is 272 g/mol. The highest BCUT2D eigenvalue weighted by atomic mass is 32.1. The van der Waals surface area contributed by atoms with Crippen LogP contribution in [-0.2, 0) is 7.05 Å². The van der Waals surface area contributed by atoms with Gasteiger partial charge in [0.15, 0.2) is 0 Å². The van der Waals surface area contributed by atoms with Crippen molar-refractivity contribution in [3.8, 4) is 5.88 Å². The molecule has 1 aliphatic heterocycles. The number of thiazole rings is 1. The smallest absolute Gasteiger partial charge is 0.310 e. The van der Waals surface area contributed by atoms with Gasteiger partial charge >= 0.3 is 4.87 Å². The van der Waals surface area contributed by atoms with Crippen LogP contribution >= 0.6 is 11.3 Å². The van der Waals surface area contributed by atoms with Gasteiger partial charge in [-0.3, -0.25) is 14.4 Å². The molecule has 0 bridgehead atoms. The highest BCUT2D eigenvalue weighted by Gasteiger charge is 2.18. The largest absolute Gasteiger partial charge is 0.493 e. The van der Waals surface area contributed by atoms with E-state index in [2.05, 4.69) is 4.99 Å². The molecule has 0 unspecified atom stereocenters. The number of aromatic nitrogens is 1. The lowest BCUT2D eigenvalue weighted by molar-refractivity contribution is 0.428. The van der Waals surface area contributed by atoms with Crippen LogP contribution in [0.5, 0.6) is 5.88 Å². The summed E-state index contributed by atoms with van der Waals surface area (Å²) in [6, 6.07) is 7.84. The molecule has 2 heterocycles. The summed E-state index contributed by atoms with van der Waals surface area (Å²) in [5.41, 5.74) is 3.80. The van der Waals surface area contributed by atoms with E-state index >= 15 is 0 Å². The summed E-state index contributed by atoms with van der Waals surface area (Å²) in [7, 11) is 1.56. The molecule has 1 N–H and O–H groups in total. The average Bonchev–Trinajstić information content (AvgIpc) is 2.83. The minimum atomic E-state index is -0.176. The van der Waals surface area contributed by atoms with E-state index in [9.17, 15) is 9.90 Å². The number of hydrogen-bond donors (Lipinski definition) is 1. The van der Waals surface area contributed by atoms with Gasteiger partial charge in [0.1, 0.15) is 0 Å². The second kappa shape index (κ2) is 4.20. The first-order valence-electron chi connectivity index (χ1n) is 5.83. The van der Waals surface area contributed by atoms with Crippen LogP contribution in [0.15, 0.2) is 34.1 Å². The number of benzene rings is 1. The number of para-hydroxylation sites is 1. The Morgan fingerprint density at radius 1 is 1.37 bits per heavy atom. The van der Waals surface area contributed by atoms with E-state index in [4.69, 9.17) is 0 Å². The molecule has 3 rings (SSSR count). The van der Waals surface area contributed by atoms with Crippen molar-refractivity contribution in [1.82, 2.24) is 4.57 Å². The normalized spacial score (nSPS) is 15.7. The van der Waals surface area contributed by atoms with Gasteiger partial charge in [-0.15, -0.1) is 0 Å². The van der Waals surface area contributed by atoms with Crippen molar-refractivity contribution < 1.29 is 5.11 Å². The molecular formula is C14H12N2O2S. The Labute approximate surface area is 114 Å². The van der Waals surface area contributed by atoms with Crippen molar-refractivity contribution in [2.45, 2.75) is 6.92 Å². The van der Waals surface area contributed by atoms with Gasteiger partial charge in [0.05, 0.1) is 10.6 Å². The van der Waals surface area contributed by atoms with E-state index in [1.165, 1.54) is 4.57 Å². The fraction of sp³-hybridized carbons (Fsp3) is 0.143. The van der Waals surface area contributed by atoms with Gasteiger partial charge in [0.25, 0.3) is 0 Å². The summed E-state index contributed by atoms with van der Waals surface area (Å²) in [5.74, 6) is -0.000295. The number of rotatable bonds is 1. The predicted molar refractivity (Wildman–Crippen MR) is 78.3 cm³/mol. The first kappa shape index (κ1) is 11.9. The Bertz CT molecular complexity index is 781. The SMILES string of the molecule is CC1=Nc2ccccc2C1=Cc1sc(=O)n(C)c1O. The van der Waals surface area contributed by atoms with Crippen LogP contribution in [0, 0.1) is 0 Å². The number of aliphatic imine (C=N–C) groups is 1. The molecule has 2 aromatic rings. The third-order valence-corrected chi connectivity index (χ3v) is 4.13. The zero-order valence-corrected chi connectivity index (χ0v) is 11.4. The van der Waals surface area contributed by atoms with Gasteiger partial charge in [-0.25, -0.2) is 0 Å². The van der Waals surface area contributed by atoms with Crippen molar-refractivity contribution in [2.24, 2.45) is 12.0 Å². The van der Waals surface area contributed by atoms with Crippen LogP contribution in [0.25, 0.3) is 11.6 Å². The molecule has 0 aliphatic carbocycles. The Balaban J connectivity index is 2.17. The topological polar surface area (TPSA) is 54.6 Å². The second-order valence-electron chi connectivity index (χ2n) is 4.39. The van der Waals surface area contributed by atoms with E-state index in [0.29, 0.717) is 4.88 Å². The molecule has 5 heteroatoms. The first-order valence-corrected chi connectivity index (χ1v) is 6.65.